The van der Waals surface area contributed by atoms with Gasteiger partial charge in [0.2, 0.25) is 5.96 Å². The van der Waals surface area contributed by atoms with E-state index in [4.69, 9.17) is 11.7 Å². The molecule has 0 spiro atoms. The number of ether oxygens (including phenoxy) is 1. The van der Waals surface area contributed by atoms with Gasteiger partial charge in [-0.1, -0.05) is 58.6 Å². The highest BCUT2D eigenvalue weighted by molar-refractivity contribution is 6.05. The number of halogens is 6. The summed E-state index contributed by atoms with van der Waals surface area (Å²) in [6, 6.07) is 11.2. The number of nitrogens with one attached hydrogen (secondary N) is 3. The van der Waals surface area contributed by atoms with Crippen molar-refractivity contribution >= 4 is 23.5 Å². The number of anilines is 1. The Morgan fingerprint density at radius 2 is 1.57 bits per heavy atom. The summed E-state index contributed by atoms with van der Waals surface area (Å²) in [5, 5.41) is 8.63. The first-order valence-electron chi connectivity index (χ1n) is 14.3. The van der Waals surface area contributed by atoms with E-state index in [1.807, 2.05) is 27.7 Å². The highest BCUT2D eigenvalue weighted by Gasteiger charge is 2.31. The second kappa shape index (κ2) is 20.9. The van der Waals surface area contributed by atoms with Gasteiger partial charge in [-0.05, 0) is 60.5 Å². The third-order valence-corrected chi connectivity index (χ3v) is 5.56. The number of amides is 1. The SMILES string of the molecule is C=CC(=C/CN(Cc1ccc(C(=O)N/C(=N/N)NN)cc1)C(=NC)Nc1ccc(OC(F)(F)F)cc1)/C=C(\C)C(F)(F)F.CC.CC. The number of hydrazone groups is 1. The molecule has 16 heteroatoms. The molecule has 0 aliphatic carbocycles. The molecule has 0 saturated carbocycles. The fourth-order valence-corrected chi connectivity index (χ4v) is 3.39. The number of guanidine groups is 2. The van der Waals surface area contributed by atoms with E-state index in [1.165, 1.54) is 43.5 Å². The average molecular weight is 673 g/mol. The lowest BCUT2D eigenvalue weighted by atomic mass is 10.1. The molecule has 0 atom stereocenters. The molecule has 1 amide bonds. The van der Waals surface area contributed by atoms with Gasteiger partial charge in [-0.2, -0.15) is 13.2 Å². The lowest BCUT2D eigenvalue weighted by molar-refractivity contribution is -0.274. The van der Waals surface area contributed by atoms with E-state index in [1.54, 1.807) is 17.0 Å². The topological polar surface area (TPSA) is 142 Å². The lowest BCUT2D eigenvalue weighted by Gasteiger charge is -2.26. The maximum atomic E-state index is 13.1. The van der Waals surface area contributed by atoms with Crippen molar-refractivity contribution in [3.05, 3.63) is 95.6 Å². The largest absolute Gasteiger partial charge is 0.573 e. The average Bonchev–Trinajstić information content (AvgIpc) is 3.05. The second-order valence-corrected chi connectivity index (χ2v) is 8.63. The van der Waals surface area contributed by atoms with E-state index in [-0.39, 0.29) is 36.1 Å². The minimum Gasteiger partial charge on any atom is -0.406 e. The van der Waals surface area contributed by atoms with E-state index in [0.717, 1.165) is 25.1 Å². The number of rotatable bonds is 9. The summed E-state index contributed by atoms with van der Waals surface area (Å²) in [5.41, 5.74) is 2.77. The van der Waals surface area contributed by atoms with Crippen molar-refractivity contribution in [2.45, 2.75) is 53.7 Å². The highest BCUT2D eigenvalue weighted by atomic mass is 19.4. The molecule has 0 aliphatic rings. The third kappa shape index (κ3) is 15.7. The van der Waals surface area contributed by atoms with Gasteiger partial charge < -0.3 is 20.8 Å². The van der Waals surface area contributed by atoms with Crippen molar-refractivity contribution in [3.63, 3.8) is 0 Å². The third-order valence-electron chi connectivity index (χ3n) is 5.56. The summed E-state index contributed by atoms with van der Waals surface area (Å²) < 4.78 is 80.7. The maximum absolute atomic E-state index is 13.1. The molecule has 10 nitrogen and oxygen atoms in total. The molecule has 47 heavy (non-hydrogen) atoms. The zero-order valence-corrected chi connectivity index (χ0v) is 27.1. The van der Waals surface area contributed by atoms with Crippen LogP contribution < -0.4 is 32.5 Å². The van der Waals surface area contributed by atoms with Gasteiger partial charge >= 0.3 is 12.5 Å². The Hall–Kier alpha value is -4.99. The van der Waals surface area contributed by atoms with Crippen molar-refractivity contribution in [1.29, 1.82) is 0 Å². The fraction of sp³-hybridized carbons (Fsp3) is 0.323. The van der Waals surface area contributed by atoms with Gasteiger partial charge in [0.1, 0.15) is 5.75 Å². The number of aliphatic imine (C=N–C) groups is 1. The Morgan fingerprint density at radius 1 is 1.00 bits per heavy atom. The number of allylic oxidation sites excluding steroid dienone is 4. The van der Waals surface area contributed by atoms with Gasteiger partial charge in [-0.25, -0.2) is 5.84 Å². The summed E-state index contributed by atoms with van der Waals surface area (Å²) in [7, 11) is 1.46. The Balaban J connectivity index is 0.00000508. The van der Waals surface area contributed by atoms with Gasteiger partial charge in [0.05, 0.1) is 0 Å². The molecule has 0 fully saturated rings. The smallest absolute Gasteiger partial charge is 0.406 e. The molecule has 0 unspecified atom stereocenters. The van der Waals surface area contributed by atoms with Crippen LogP contribution in [0.5, 0.6) is 5.75 Å². The van der Waals surface area contributed by atoms with Crippen LogP contribution in [0.25, 0.3) is 0 Å². The Morgan fingerprint density at radius 3 is 2.02 bits per heavy atom. The molecule has 0 aliphatic heterocycles. The molecule has 0 bridgehead atoms. The number of nitrogens with two attached hydrogens (primary N) is 2. The highest BCUT2D eigenvalue weighted by Crippen LogP contribution is 2.26. The summed E-state index contributed by atoms with van der Waals surface area (Å²) in [4.78, 5) is 18.3. The molecule has 0 saturated heterocycles. The Kier molecular flexibility index (Phi) is 18.7. The van der Waals surface area contributed by atoms with Crippen LogP contribution >= 0.6 is 0 Å². The van der Waals surface area contributed by atoms with Crippen molar-refractivity contribution in [2.75, 3.05) is 18.9 Å². The first-order valence-corrected chi connectivity index (χ1v) is 14.3. The molecule has 0 radical (unpaired) electrons. The summed E-state index contributed by atoms with van der Waals surface area (Å²) >= 11 is 0. The zero-order valence-electron chi connectivity index (χ0n) is 27.1. The predicted octanol–water partition coefficient (Wildman–Crippen LogP) is 6.58. The van der Waals surface area contributed by atoms with Crippen LogP contribution in [0, 0.1) is 0 Å². The molecular weight excluding hydrogens is 630 g/mol. The monoisotopic (exact) mass is 672 g/mol. The van der Waals surface area contributed by atoms with Gasteiger partial charge in [0.25, 0.3) is 5.91 Å². The van der Waals surface area contributed by atoms with Crippen molar-refractivity contribution in [2.24, 2.45) is 21.8 Å². The summed E-state index contributed by atoms with van der Waals surface area (Å²) in [6.07, 6.45) is -5.65. The number of alkyl halides is 6. The second-order valence-electron chi connectivity index (χ2n) is 8.63. The standard InChI is InChI=1S/C27H30F6N8O2.2C2H6/c1-4-18(15-17(2)26(28,29)30)13-14-41(16-19-5-7-20(8-6-19)23(42)38-24(39-34)40-35)25(36-3)37-21-9-11-22(12-10-21)43-27(31,32)33;2*1-2/h4-13,15H,1,14,16,34-35H2,2-3H3,(H,36,37)(H2,38,39,40,42);2*1-2H3/b17-15+,18-13-;;. The van der Waals surface area contributed by atoms with Crippen LogP contribution in [-0.4, -0.2) is 48.9 Å². The molecule has 7 N–H and O–H groups in total. The summed E-state index contributed by atoms with van der Waals surface area (Å²) in [5.74, 6) is 9.42. The van der Waals surface area contributed by atoms with Gasteiger partial charge in [-0.3, -0.25) is 20.5 Å². The van der Waals surface area contributed by atoms with Crippen molar-refractivity contribution in [1.82, 2.24) is 15.6 Å². The first kappa shape index (κ1) is 42.0. The summed E-state index contributed by atoms with van der Waals surface area (Å²) in [6.45, 7) is 12.7. The maximum Gasteiger partial charge on any atom is 0.573 e. The zero-order chi connectivity index (χ0) is 36.2. The van der Waals surface area contributed by atoms with E-state index in [2.05, 4.69) is 37.5 Å². The van der Waals surface area contributed by atoms with Crippen LogP contribution in [0.3, 0.4) is 0 Å². The number of hydrogen-bond donors (Lipinski definition) is 5. The number of benzene rings is 2. The number of carbonyl (C=O) groups excluding carboxylic acids is 1. The minimum atomic E-state index is -4.85. The number of carbonyl (C=O) groups is 1. The van der Waals surface area contributed by atoms with E-state index >= 15 is 0 Å². The number of hydrogen-bond acceptors (Lipinski definition) is 6. The van der Waals surface area contributed by atoms with Crippen LogP contribution in [0.4, 0.5) is 32.0 Å². The fourth-order valence-electron chi connectivity index (χ4n) is 3.39. The van der Waals surface area contributed by atoms with Crippen LogP contribution in [0.2, 0.25) is 0 Å². The Labute approximate surface area is 270 Å². The van der Waals surface area contributed by atoms with Crippen LogP contribution in [0.1, 0.15) is 50.5 Å². The van der Waals surface area contributed by atoms with Crippen LogP contribution in [0.15, 0.2) is 94.6 Å². The van der Waals surface area contributed by atoms with E-state index in [0.29, 0.717) is 11.3 Å². The predicted molar refractivity (Wildman–Crippen MR) is 174 cm³/mol. The van der Waals surface area contributed by atoms with Gasteiger partial charge in [-0.15, -0.1) is 18.3 Å². The molecule has 2 rings (SSSR count). The van der Waals surface area contributed by atoms with Crippen molar-refractivity contribution in [3.8, 4) is 5.75 Å². The molecule has 260 valence electrons. The molecule has 0 heterocycles. The minimum absolute atomic E-state index is 0.0403. The first-order chi connectivity index (χ1) is 22.2. The van der Waals surface area contributed by atoms with E-state index < -0.39 is 29.8 Å². The molecule has 2 aromatic rings. The van der Waals surface area contributed by atoms with E-state index in [9.17, 15) is 31.1 Å². The lowest BCUT2D eigenvalue weighted by Crippen LogP contribution is -2.45. The number of hydrazine groups is 1. The van der Waals surface area contributed by atoms with Crippen molar-refractivity contribution < 1.29 is 35.9 Å². The molecule has 0 aromatic heterocycles. The van der Waals surface area contributed by atoms with Gasteiger partial charge in [0, 0.05) is 37.0 Å². The molecule has 2 aromatic carbocycles. The van der Waals surface area contributed by atoms with Crippen LogP contribution in [-0.2, 0) is 6.54 Å². The van der Waals surface area contributed by atoms with Gasteiger partial charge in [0.15, 0.2) is 5.96 Å². The normalized spacial score (nSPS) is 12.4. The number of nitrogens with zero attached hydrogens (tertiary/aromatic N) is 3. The quantitative estimate of drug-likeness (QED) is 0.0506. The Bertz CT molecular complexity index is 1370. The molecular formula is C31H42F6N8O2.